The first-order chi connectivity index (χ1) is 15.3. The second kappa shape index (κ2) is 25.9. The van der Waals surface area contributed by atoms with Crippen molar-refractivity contribution in [3.05, 3.63) is 0 Å². The van der Waals surface area contributed by atoms with Crippen LogP contribution < -0.4 is 0 Å². The molecule has 0 rings (SSSR count). The maximum absolute atomic E-state index is 11.4. The third-order valence-corrected chi connectivity index (χ3v) is 7.10. The Bertz CT molecular complexity index is 337. The van der Waals surface area contributed by atoms with Crippen molar-refractivity contribution in [1.82, 2.24) is 0 Å². The Hall–Kier alpha value is -0.330. The molecule has 0 aromatic heterocycles. The van der Waals surface area contributed by atoms with Gasteiger partial charge >= 0.3 is 0 Å². The van der Waals surface area contributed by atoms with Crippen LogP contribution in [0.25, 0.3) is 0 Å². The largest absolute Gasteiger partial charge is 0.291 e. The molecule has 2 unspecified atom stereocenters. The smallest absolute Gasteiger partial charge is 0.201 e. The van der Waals surface area contributed by atoms with E-state index in [-0.39, 0.29) is 5.92 Å². The Labute approximate surface area is 197 Å². The molecule has 0 aromatic rings. The molecule has 0 bridgehead atoms. The van der Waals surface area contributed by atoms with Gasteiger partial charge in [0.05, 0.1) is 0 Å². The van der Waals surface area contributed by atoms with E-state index in [0.717, 1.165) is 18.8 Å². The summed E-state index contributed by atoms with van der Waals surface area (Å²) in [5.41, 5.74) is 0. The zero-order chi connectivity index (χ0) is 22.8. The van der Waals surface area contributed by atoms with Crippen molar-refractivity contribution >= 4 is 6.29 Å². The standard InChI is InChI=1S/C30H59O/c1-4-7-9-10-11-12-13-14-15-16-17-18-19-20-21-23-26-30(28-31)27-29(24-6-3)25-22-8-5-2/h29-30H,4-27H2,1-3H3. The van der Waals surface area contributed by atoms with Crippen LogP contribution in [0.3, 0.4) is 0 Å². The monoisotopic (exact) mass is 435 g/mol. The summed E-state index contributed by atoms with van der Waals surface area (Å²) < 4.78 is 0. The van der Waals surface area contributed by atoms with Gasteiger partial charge in [-0.2, -0.15) is 0 Å². The van der Waals surface area contributed by atoms with Gasteiger partial charge in [0, 0.05) is 5.92 Å². The average Bonchev–Trinajstić information content (AvgIpc) is 2.78. The molecule has 0 amide bonds. The third kappa shape index (κ3) is 22.6. The van der Waals surface area contributed by atoms with Crippen molar-refractivity contribution in [3.63, 3.8) is 0 Å². The van der Waals surface area contributed by atoms with Crippen LogP contribution in [0, 0.1) is 11.8 Å². The normalized spacial score (nSPS) is 13.4. The number of unbranched alkanes of at least 4 members (excludes halogenated alkanes) is 17. The van der Waals surface area contributed by atoms with Crippen LogP contribution in [0.4, 0.5) is 0 Å². The highest BCUT2D eigenvalue weighted by molar-refractivity contribution is 5.54. The first kappa shape index (κ1) is 30.7. The van der Waals surface area contributed by atoms with Crippen LogP contribution in [-0.2, 0) is 4.79 Å². The molecule has 0 aliphatic rings. The van der Waals surface area contributed by atoms with Gasteiger partial charge in [0.1, 0.15) is 0 Å². The van der Waals surface area contributed by atoms with E-state index in [1.165, 1.54) is 141 Å². The van der Waals surface area contributed by atoms with Gasteiger partial charge in [-0.05, 0) is 18.8 Å². The van der Waals surface area contributed by atoms with Gasteiger partial charge in [-0.1, -0.05) is 162 Å². The Morgan fingerprint density at radius 2 is 0.839 bits per heavy atom. The van der Waals surface area contributed by atoms with E-state index in [1.807, 2.05) is 0 Å². The summed E-state index contributed by atoms with van der Waals surface area (Å²) in [5, 5.41) is 0. The van der Waals surface area contributed by atoms with E-state index in [0.29, 0.717) is 0 Å². The Morgan fingerprint density at radius 1 is 0.452 bits per heavy atom. The second-order valence-corrected chi connectivity index (χ2v) is 10.3. The summed E-state index contributed by atoms with van der Waals surface area (Å²) in [7, 11) is 0. The molecule has 0 aromatic carbocycles. The maximum atomic E-state index is 11.4. The molecule has 1 nitrogen and oxygen atoms in total. The zero-order valence-corrected chi connectivity index (χ0v) is 22.0. The molecule has 2 atom stereocenters. The molecule has 0 heterocycles. The fraction of sp³-hybridized carbons (Fsp3) is 0.967. The van der Waals surface area contributed by atoms with Crippen LogP contribution in [0.5, 0.6) is 0 Å². The summed E-state index contributed by atoms with van der Waals surface area (Å²) in [6.07, 6.45) is 34.9. The quantitative estimate of drug-likeness (QED) is 0.123. The lowest BCUT2D eigenvalue weighted by Gasteiger charge is -2.19. The zero-order valence-electron chi connectivity index (χ0n) is 22.0. The maximum Gasteiger partial charge on any atom is 0.201 e. The molecule has 1 radical (unpaired) electrons. The first-order valence-corrected chi connectivity index (χ1v) is 14.7. The van der Waals surface area contributed by atoms with Gasteiger partial charge < -0.3 is 0 Å². The molecule has 0 aliphatic carbocycles. The highest BCUT2D eigenvalue weighted by Gasteiger charge is 2.16. The lowest BCUT2D eigenvalue weighted by Crippen LogP contribution is -2.11. The summed E-state index contributed by atoms with van der Waals surface area (Å²) in [6.45, 7) is 6.84. The van der Waals surface area contributed by atoms with E-state index in [2.05, 4.69) is 27.1 Å². The minimum Gasteiger partial charge on any atom is -0.291 e. The number of hydrogen-bond donors (Lipinski definition) is 0. The molecule has 185 valence electrons. The van der Waals surface area contributed by atoms with Crippen molar-refractivity contribution in [2.45, 2.75) is 175 Å². The van der Waals surface area contributed by atoms with Gasteiger partial charge in [0.2, 0.25) is 6.29 Å². The predicted molar refractivity (Wildman–Crippen MR) is 141 cm³/mol. The van der Waals surface area contributed by atoms with E-state index in [4.69, 9.17) is 0 Å². The predicted octanol–water partition coefficient (Wildman–Crippen LogP) is 10.8. The summed E-state index contributed by atoms with van der Waals surface area (Å²) in [5.74, 6) is 0.953. The van der Waals surface area contributed by atoms with Gasteiger partial charge in [-0.25, -0.2) is 0 Å². The van der Waals surface area contributed by atoms with Crippen molar-refractivity contribution in [1.29, 1.82) is 0 Å². The topological polar surface area (TPSA) is 17.1 Å². The van der Waals surface area contributed by atoms with Crippen molar-refractivity contribution in [2.24, 2.45) is 11.8 Å². The van der Waals surface area contributed by atoms with Crippen molar-refractivity contribution in [2.75, 3.05) is 0 Å². The summed E-state index contributed by atoms with van der Waals surface area (Å²) >= 11 is 0. The molecule has 0 saturated carbocycles. The van der Waals surface area contributed by atoms with Crippen LogP contribution in [0.1, 0.15) is 175 Å². The molecule has 0 N–H and O–H groups in total. The molecule has 1 heteroatoms. The van der Waals surface area contributed by atoms with Crippen LogP contribution >= 0.6 is 0 Å². The fourth-order valence-electron chi connectivity index (χ4n) is 5.04. The summed E-state index contributed by atoms with van der Waals surface area (Å²) in [4.78, 5) is 11.4. The van der Waals surface area contributed by atoms with E-state index >= 15 is 0 Å². The molecule has 0 aliphatic heterocycles. The number of carbonyl (C=O) groups excluding carboxylic acids is 1. The number of rotatable bonds is 26. The molecule has 0 spiro atoms. The van der Waals surface area contributed by atoms with Crippen LogP contribution in [0.2, 0.25) is 0 Å². The number of hydrogen-bond acceptors (Lipinski definition) is 1. The summed E-state index contributed by atoms with van der Waals surface area (Å²) in [6, 6.07) is 0. The Kier molecular flexibility index (Phi) is 25.7. The van der Waals surface area contributed by atoms with Gasteiger partial charge in [0.15, 0.2) is 0 Å². The highest BCUT2D eigenvalue weighted by Crippen LogP contribution is 2.26. The van der Waals surface area contributed by atoms with Gasteiger partial charge in [-0.3, -0.25) is 4.79 Å². The molecule has 31 heavy (non-hydrogen) atoms. The van der Waals surface area contributed by atoms with Gasteiger partial charge in [0.25, 0.3) is 0 Å². The first-order valence-electron chi connectivity index (χ1n) is 14.7. The molecular formula is C30H59O. The van der Waals surface area contributed by atoms with Gasteiger partial charge in [-0.15, -0.1) is 0 Å². The van der Waals surface area contributed by atoms with Crippen LogP contribution in [0.15, 0.2) is 0 Å². The minimum atomic E-state index is 0.199. The minimum absolute atomic E-state index is 0.199. The third-order valence-electron chi connectivity index (χ3n) is 7.10. The fourth-order valence-corrected chi connectivity index (χ4v) is 5.04. The SMILES string of the molecule is CCCCCCCCCCCCCCCCCCC([C]=O)CC(CCC)CCCCC. The molecular weight excluding hydrogens is 376 g/mol. The lowest BCUT2D eigenvalue weighted by molar-refractivity contribution is 0.342. The Morgan fingerprint density at radius 3 is 1.26 bits per heavy atom. The molecule has 0 fully saturated rings. The second-order valence-electron chi connectivity index (χ2n) is 10.3. The molecule has 0 saturated heterocycles. The average molecular weight is 436 g/mol. The van der Waals surface area contributed by atoms with E-state index in [1.54, 1.807) is 0 Å². The van der Waals surface area contributed by atoms with Crippen LogP contribution in [-0.4, -0.2) is 6.29 Å². The Balaban J connectivity index is 3.49. The van der Waals surface area contributed by atoms with Crippen molar-refractivity contribution in [3.8, 4) is 0 Å². The lowest BCUT2D eigenvalue weighted by atomic mass is 9.85. The van der Waals surface area contributed by atoms with Crippen molar-refractivity contribution < 1.29 is 4.79 Å². The van der Waals surface area contributed by atoms with E-state index in [9.17, 15) is 4.79 Å². The highest BCUT2D eigenvalue weighted by atomic mass is 16.1. The van der Waals surface area contributed by atoms with E-state index < -0.39 is 0 Å².